The molecule has 1 aliphatic rings. The van der Waals surface area contributed by atoms with Crippen LogP contribution in [0.3, 0.4) is 0 Å². The van der Waals surface area contributed by atoms with Crippen LogP contribution >= 0.6 is 0 Å². The number of carbonyl (C=O) groups excluding carboxylic acids is 1. The van der Waals surface area contributed by atoms with E-state index in [-0.39, 0.29) is 30.0 Å². The molecular weight excluding hydrogens is 242 g/mol. The van der Waals surface area contributed by atoms with Gasteiger partial charge in [-0.3, -0.25) is 9.89 Å². The zero-order chi connectivity index (χ0) is 14.2. The fraction of sp³-hybridized carbons (Fsp3) is 0.714. The van der Waals surface area contributed by atoms with Crippen LogP contribution in [0.15, 0.2) is 6.07 Å². The van der Waals surface area contributed by atoms with Gasteiger partial charge < -0.3 is 10.1 Å². The van der Waals surface area contributed by atoms with Crippen LogP contribution < -0.4 is 5.32 Å². The summed E-state index contributed by atoms with van der Waals surface area (Å²) in [7, 11) is 0. The molecule has 0 radical (unpaired) electrons. The molecule has 0 spiro atoms. The predicted molar refractivity (Wildman–Crippen MR) is 74.0 cm³/mol. The van der Waals surface area contributed by atoms with Gasteiger partial charge in [0.15, 0.2) is 5.82 Å². The fourth-order valence-electron chi connectivity index (χ4n) is 2.62. The molecule has 0 aromatic carbocycles. The van der Waals surface area contributed by atoms with Crippen LogP contribution in [0.4, 0.5) is 5.82 Å². The maximum Gasteiger partial charge on any atom is 0.231 e. The largest absolute Gasteiger partial charge is 0.374 e. The van der Waals surface area contributed by atoms with Crippen LogP contribution in [-0.4, -0.2) is 28.3 Å². The zero-order valence-electron chi connectivity index (χ0n) is 12.2. The van der Waals surface area contributed by atoms with E-state index in [1.54, 1.807) is 0 Å². The molecule has 1 fully saturated rings. The van der Waals surface area contributed by atoms with Crippen molar-refractivity contribution < 1.29 is 9.53 Å². The summed E-state index contributed by atoms with van der Waals surface area (Å²) in [4.78, 5) is 12.3. The number of nitrogens with one attached hydrogen (secondary N) is 2. The first-order chi connectivity index (χ1) is 8.90. The molecule has 4 atom stereocenters. The number of hydrogen-bond acceptors (Lipinski definition) is 3. The van der Waals surface area contributed by atoms with Gasteiger partial charge in [0.05, 0.1) is 18.1 Å². The summed E-state index contributed by atoms with van der Waals surface area (Å²) in [5.74, 6) is 1.05. The molecular formula is C14H23N3O2. The van der Waals surface area contributed by atoms with Crippen LogP contribution in [0.1, 0.15) is 46.2 Å². The Labute approximate surface area is 114 Å². The van der Waals surface area contributed by atoms with Crippen LogP contribution in [0.5, 0.6) is 0 Å². The average Bonchev–Trinajstić information content (AvgIpc) is 2.85. The van der Waals surface area contributed by atoms with Crippen LogP contribution in [-0.2, 0) is 9.53 Å². The maximum atomic E-state index is 12.3. The number of anilines is 1. The van der Waals surface area contributed by atoms with Gasteiger partial charge in [0.1, 0.15) is 0 Å². The van der Waals surface area contributed by atoms with Crippen LogP contribution in [0.2, 0.25) is 0 Å². The predicted octanol–water partition coefficient (Wildman–Crippen LogP) is 2.53. The molecule has 2 N–H and O–H groups in total. The lowest BCUT2D eigenvalue weighted by atomic mass is 9.89. The minimum atomic E-state index is -0.116. The van der Waals surface area contributed by atoms with E-state index in [1.807, 2.05) is 19.9 Å². The minimum Gasteiger partial charge on any atom is -0.374 e. The minimum absolute atomic E-state index is 0.00819. The third-order valence-electron chi connectivity index (χ3n) is 4.02. The monoisotopic (exact) mass is 265 g/mol. The van der Waals surface area contributed by atoms with Gasteiger partial charge in [-0.05, 0) is 25.7 Å². The molecule has 106 valence electrons. The smallest absolute Gasteiger partial charge is 0.231 e. The van der Waals surface area contributed by atoms with Crippen molar-refractivity contribution in [2.75, 3.05) is 5.32 Å². The van der Waals surface area contributed by atoms with Gasteiger partial charge in [-0.2, -0.15) is 5.10 Å². The van der Waals surface area contributed by atoms with E-state index >= 15 is 0 Å². The Kier molecular flexibility index (Phi) is 3.94. The van der Waals surface area contributed by atoms with Crippen molar-refractivity contribution in [3.05, 3.63) is 11.8 Å². The molecule has 1 saturated heterocycles. The third-order valence-corrected chi connectivity index (χ3v) is 4.02. The van der Waals surface area contributed by atoms with Crippen molar-refractivity contribution in [3.8, 4) is 0 Å². The summed E-state index contributed by atoms with van der Waals surface area (Å²) in [6.07, 6.45) is 0.0738. The Balaban J connectivity index is 2.04. The van der Waals surface area contributed by atoms with Gasteiger partial charge >= 0.3 is 0 Å². The van der Waals surface area contributed by atoms with Crippen molar-refractivity contribution in [1.82, 2.24) is 10.2 Å². The number of hydrogen-bond donors (Lipinski definition) is 2. The van der Waals surface area contributed by atoms with Crippen molar-refractivity contribution >= 4 is 11.7 Å². The molecule has 1 aromatic heterocycles. The molecule has 19 heavy (non-hydrogen) atoms. The molecule has 2 heterocycles. The lowest BCUT2D eigenvalue weighted by molar-refractivity contribution is -0.122. The van der Waals surface area contributed by atoms with E-state index in [9.17, 15) is 4.79 Å². The summed E-state index contributed by atoms with van der Waals surface area (Å²) < 4.78 is 5.70. The van der Waals surface area contributed by atoms with Crippen molar-refractivity contribution in [3.63, 3.8) is 0 Å². The fourth-order valence-corrected chi connectivity index (χ4v) is 2.62. The van der Waals surface area contributed by atoms with E-state index in [1.165, 1.54) is 0 Å². The Morgan fingerprint density at radius 1 is 1.37 bits per heavy atom. The molecule has 4 unspecified atom stereocenters. The highest BCUT2D eigenvalue weighted by Gasteiger charge is 2.41. The van der Waals surface area contributed by atoms with E-state index in [2.05, 4.69) is 36.3 Å². The Bertz CT molecular complexity index is 455. The van der Waals surface area contributed by atoms with Gasteiger partial charge in [0, 0.05) is 11.8 Å². The van der Waals surface area contributed by atoms with Gasteiger partial charge in [-0.25, -0.2) is 0 Å². The number of rotatable bonds is 3. The number of aromatic amines is 1. The first-order valence-electron chi connectivity index (χ1n) is 6.91. The molecule has 0 aliphatic carbocycles. The number of carbonyl (C=O) groups is 1. The Hall–Kier alpha value is -1.36. The molecule has 1 aromatic rings. The highest BCUT2D eigenvalue weighted by Crippen LogP contribution is 2.32. The highest BCUT2D eigenvalue weighted by molar-refractivity contribution is 5.92. The molecule has 5 nitrogen and oxygen atoms in total. The normalized spacial score (nSPS) is 30.8. The van der Waals surface area contributed by atoms with Crippen molar-refractivity contribution in [2.24, 2.45) is 11.8 Å². The maximum absolute atomic E-state index is 12.3. The lowest BCUT2D eigenvalue weighted by Gasteiger charge is -2.16. The average molecular weight is 265 g/mol. The first-order valence-corrected chi connectivity index (χ1v) is 6.91. The SMILES string of the molecule is CC(C)c1cc(NC(=O)C2C(C)OC(C)C2C)n[nH]1. The number of aromatic nitrogens is 2. The summed E-state index contributed by atoms with van der Waals surface area (Å²) in [5.41, 5.74) is 1.02. The van der Waals surface area contributed by atoms with Gasteiger partial charge in [-0.15, -0.1) is 0 Å². The quantitative estimate of drug-likeness (QED) is 0.882. The second kappa shape index (κ2) is 5.33. The number of amides is 1. The summed E-state index contributed by atoms with van der Waals surface area (Å²) in [5, 5.41) is 9.94. The lowest BCUT2D eigenvalue weighted by Crippen LogP contribution is -2.32. The molecule has 1 aliphatic heterocycles. The van der Waals surface area contributed by atoms with E-state index < -0.39 is 0 Å². The molecule has 0 bridgehead atoms. The molecule has 2 rings (SSSR count). The van der Waals surface area contributed by atoms with Gasteiger partial charge in [0.2, 0.25) is 5.91 Å². The standard InChI is InChI=1S/C14H23N3O2/c1-7(2)11-6-12(17-16-11)15-14(18)13-8(3)9(4)19-10(13)5/h6-10,13H,1-5H3,(H2,15,16,17,18). The van der Waals surface area contributed by atoms with E-state index in [4.69, 9.17) is 4.74 Å². The Morgan fingerprint density at radius 3 is 2.53 bits per heavy atom. The first kappa shape index (κ1) is 14.1. The van der Waals surface area contributed by atoms with E-state index in [0.29, 0.717) is 11.7 Å². The molecule has 1 amide bonds. The topological polar surface area (TPSA) is 67.0 Å². The zero-order valence-corrected chi connectivity index (χ0v) is 12.2. The van der Waals surface area contributed by atoms with Gasteiger partial charge in [-0.1, -0.05) is 20.8 Å². The van der Waals surface area contributed by atoms with Crippen LogP contribution in [0.25, 0.3) is 0 Å². The van der Waals surface area contributed by atoms with Crippen molar-refractivity contribution in [1.29, 1.82) is 0 Å². The third kappa shape index (κ3) is 2.81. The number of ether oxygens (including phenoxy) is 1. The molecule has 0 saturated carbocycles. The highest BCUT2D eigenvalue weighted by atomic mass is 16.5. The van der Waals surface area contributed by atoms with Crippen molar-refractivity contribution in [2.45, 2.75) is 52.7 Å². The number of nitrogens with zero attached hydrogens (tertiary/aromatic N) is 1. The summed E-state index contributed by atoms with van der Waals surface area (Å²) in [6, 6.07) is 1.89. The summed E-state index contributed by atoms with van der Waals surface area (Å²) in [6.45, 7) is 10.2. The number of H-pyrrole nitrogens is 1. The second-order valence-electron chi connectivity index (χ2n) is 5.78. The van der Waals surface area contributed by atoms with Gasteiger partial charge in [0.25, 0.3) is 0 Å². The van der Waals surface area contributed by atoms with Crippen LogP contribution in [0, 0.1) is 11.8 Å². The molecule has 5 heteroatoms. The van der Waals surface area contributed by atoms with E-state index in [0.717, 1.165) is 5.69 Å². The second-order valence-corrected chi connectivity index (χ2v) is 5.78. The Morgan fingerprint density at radius 2 is 2.05 bits per heavy atom. The summed E-state index contributed by atoms with van der Waals surface area (Å²) >= 11 is 0.